The van der Waals surface area contributed by atoms with Crippen molar-refractivity contribution < 1.29 is 13.2 Å². The minimum absolute atomic E-state index is 0.0132. The fourth-order valence-electron chi connectivity index (χ4n) is 3.32. The molecule has 0 aliphatic carbocycles. The number of carbonyl (C=O) groups excluding carboxylic acids is 1. The van der Waals surface area contributed by atoms with Gasteiger partial charge in [-0.1, -0.05) is 12.1 Å². The van der Waals surface area contributed by atoms with Crippen LogP contribution in [0.1, 0.15) is 24.0 Å². The minimum Gasteiger partial charge on any atom is -0.326 e. The molecular formula is C20H22N4O3S. The number of nitrogens with zero attached hydrogens (tertiary/aromatic N) is 2. The summed E-state index contributed by atoms with van der Waals surface area (Å²) in [6.07, 6.45) is 1.50. The van der Waals surface area contributed by atoms with Crippen molar-refractivity contribution >= 4 is 21.6 Å². The number of nitrogens with two attached hydrogens (primary N) is 1. The summed E-state index contributed by atoms with van der Waals surface area (Å²) in [5.41, 5.74) is 2.30. The second-order valence-electron chi connectivity index (χ2n) is 6.92. The zero-order valence-corrected chi connectivity index (χ0v) is 16.2. The van der Waals surface area contributed by atoms with Crippen LogP contribution in [0, 0.1) is 17.2 Å². The van der Waals surface area contributed by atoms with Gasteiger partial charge in [-0.15, -0.1) is 0 Å². The molecule has 0 bridgehead atoms. The van der Waals surface area contributed by atoms with Gasteiger partial charge in [0.2, 0.25) is 15.9 Å². The second-order valence-corrected chi connectivity index (χ2v) is 8.48. The molecule has 0 spiro atoms. The van der Waals surface area contributed by atoms with Crippen LogP contribution in [-0.2, 0) is 21.4 Å². The zero-order chi connectivity index (χ0) is 20.1. The van der Waals surface area contributed by atoms with Crippen molar-refractivity contribution in [3.8, 4) is 6.07 Å². The first-order chi connectivity index (χ1) is 13.3. The van der Waals surface area contributed by atoms with Crippen LogP contribution >= 0.6 is 0 Å². The van der Waals surface area contributed by atoms with Crippen LogP contribution in [0.2, 0.25) is 0 Å². The highest BCUT2D eigenvalue weighted by atomic mass is 32.2. The number of amides is 1. The van der Waals surface area contributed by atoms with Gasteiger partial charge in [0.25, 0.3) is 0 Å². The van der Waals surface area contributed by atoms with Gasteiger partial charge in [0.15, 0.2) is 0 Å². The Labute approximate surface area is 164 Å². The van der Waals surface area contributed by atoms with Crippen LogP contribution in [-0.4, -0.2) is 32.3 Å². The van der Waals surface area contributed by atoms with Crippen LogP contribution in [0.25, 0.3) is 0 Å². The Kier molecular flexibility index (Phi) is 6.09. The van der Waals surface area contributed by atoms with E-state index in [0.717, 1.165) is 38.0 Å². The highest BCUT2D eigenvalue weighted by Gasteiger charge is 2.25. The lowest BCUT2D eigenvalue weighted by Gasteiger charge is -2.31. The fourth-order valence-corrected chi connectivity index (χ4v) is 3.84. The smallest absolute Gasteiger partial charge is 0.238 e. The second kappa shape index (κ2) is 8.52. The number of hydrogen-bond acceptors (Lipinski definition) is 5. The average molecular weight is 398 g/mol. The number of benzene rings is 2. The molecule has 0 saturated carbocycles. The van der Waals surface area contributed by atoms with Gasteiger partial charge in [0.1, 0.15) is 0 Å². The molecule has 1 aliphatic rings. The topological polar surface area (TPSA) is 116 Å². The summed E-state index contributed by atoms with van der Waals surface area (Å²) >= 11 is 0. The first kappa shape index (κ1) is 20.0. The molecule has 3 N–H and O–H groups in total. The molecule has 28 heavy (non-hydrogen) atoms. The predicted octanol–water partition coefficient (Wildman–Crippen LogP) is 2.06. The van der Waals surface area contributed by atoms with Crippen molar-refractivity contribution in [2.45, 2.75) is 24.3 Å². The Hall–Kier alpha value is -2.73. The minimum atomic E-state index is -3.74. The normalized spacial score (nSPS) is 15.7. The molecule has 7 nitrogen and oxygen atoms in total. The number of rotatable bonds is 5. The van der Waals surface area contributed by atoms with Crippen LogP contribution < -0.4 is 10.5 Å². The first-order valence-corrected chi connectivity index (χ1v) is 10.5. The number of hydrogen-bond donors (Lipinski definition) is 2. The maximum atomic E-state index is 12.5. The summed E-state index contributed by atoms with van der Waals surface area (Å²) in [4.78, 5) is 14.8. The summed E-state index contributed by atoms with van der Waals surface area (Å²) in [5.74, 6) is -0.144. The zero-order valence-electron chi connectivity index (χ0n) is 15.3. The van der Waals surface area contributed by atoms with Crippen molar-refractivity contribution in [3.05, 3.63) is 59.7 Å². The molecule has 0 aromatic heterocycles. The Bertz CT molecular complexity index is 989. The quantitative estimate of drug-likeness (QED) is 0.800. The fraction of sp³-hybridized carbons (Fsp3) is 0.300. The predicted molar refractivity (Wildman–Crippen MR) is 106 cm³/mol. The highest BCUT2D eigenvalue weighted by molar-refractivity contribution is 7.89. The number of likely N-dealkylation sites (tertiary alicyclic amines) is 1. The molecule has 1 heterocycles. The third kappa shape index (κ3) is 5.16. The number of anilines is 1. The Balaban J connectivity index is 1.51. The van der Waals surface area contributed by atoms with Gasteiger partial charge >= 0.3 is 0 Å². The number of nitriles is 1. The third-order valence-corrected chi connectivity index (χ3v) is 5.80. The summed E-state index contributed by atoms with van der Waals surface area (Å²) in [7, 11) is -3.74. The Morgan fingerprint density at radius 3 is 2.46 bits per heavy atom. The van der Waals surface area contributed by atoms with Gasteiger partial charge in [-0.2, -0.15) is 5.26 Å². The summed E-state index contributed by atoms with van der Waals surface area (Å²) in [6.45, 7) is 2.37. The Morgan fingerprint density at radius 2 is 1.86 bits per heavy atom. The molecule has 0 radical (unpaired) electrons. The lowest BCUT2D eigenvalue weighted by Crippen LogP contribution is -2.37. The van der Waals surface area contributed by atoms with Crippen LogP contribution in [0.15, 0.2) is 53.4 Å². The lowest BCUT2D eigenvalue weighted by atomic mass is 9.95. The van der Waals surface area contributed by atoms with Gasteiger partial charge in [-0.3, -0.25) is 9.69 Å². The molecule has 1 fully saturated rings. The maximum Gasteiger partial charge on any atom is 0.238 e. The van der Waals surface area contributed by atoms with Crippen LogP contribution in [0.5, 0.6) is 0 Å². The largest absolute Gasteiger partial charge is 0.326 e. The highest BCUT2D eigenvalue weighted by Crippen LogP contribution is 2.22. The van der Waals surface area contributed by atoms with Gasteiger partial charge in [0.05, 0.1) is 16.5 Å². The van der Waals surface area contributed by atoms with E-state index < -0.39 is 10.0 Å². The van der Waals surface area contributed by atoms with Gasteiger partial charge in [-0.25, -0.2) is 13.6 Å². The number of nitrogens with one attached hydrogen (secondary N) is 1. The van der Waals surface area contributed by atoms with E-state index in [9.17, 15) is 13.2 Å². The number of sulfonamides is 1. The van der Waals surface area contributed by atoms with E-state index in [1.807, 2.05) is 18.2 Å². The third-order valence-electron chi connectivity index (χ3n) is 4.87. The molecule has 3 rings (SSSR count). The van der Waals surface area contributed by atoms with E-state index in [0.29, 0.717) is 11.3 Å². The van der Waals surface area contributed by atoms with Crippen molar-refractivity contribution in [2.24, 2.45) is 11.1 Å². The summed E-state index contributed by atoms with van der Waals surface area (Å²) in [6, 6.07) is 15.5. The molecule has 146 valence electrons. The van der Waals surface area contributed by atoms with Crippen molar-refractivity contribution in [2.75, 3.05) is 18.4 Å². The van der Waals surface area contributed by atoms with E-state index in [1.165, 1.54) is 24.3 Å². The van der Waals surface area contributed by atoms with E-state index in [1.54, 1.807) is 6.07 Å². The lowest BCUT2D eigenvalue weighted by molar-refractivity contribution is -0.121. The van der Waals surface area contributed by atoms with Crippen LogP contribution in [0.4, 0.5) is 5.69 Å². The van der Waals surface area contributed by atoms with E-state index in [2.05, 4.69) is 16.3 Å². The van der Waals surface area contributed by atoms with Gasteiger partial charge < -0.3 is 5.32 Å². The van der Waals surface area contributed by atoms with Crippen LogP contribution in [0.3, 0.4) is 0 Å². The molecule has 8 heteroatoms. The van der Waals surface area contributed by atoms with E-state index >= 15 is 0 Å². The summed E-state index contributed by atoms with van der Waals surface area (Å²) in [5, 5.41) is 16.9. The van der Waals surface area contributed by atoms with Crippen molar-refractivity contribution in [1.82, 2.24) is 4.90 Å². The Morgan fingerprint density at radius 1 is 1.18 bits per heavy atom. The maximum absolute atomic E-state index is 12.5. The number of piperidine rings is 1. The van der Waals surface area contributed by atoms with Crippen molar-refractivity contribution in [3.63, 3.8) is 0 Å². The van der Waals surface area contributed by atoms with Gasteiger partial charge in [0, 0.05) is 18.2 Å². The molecule has 2 aromatic carbocycles. The standard InChI is InChI=1S/C20H22N4O3S/c21-13-15-2-1-3-16(12-15)14-24-10-8-17(9-11-24)20(25)23-18-4-6-19(7-5-18)28(22,26)27/h1-7,12,17H,8-11,14H2,(H,23,25)(H2,22,26,27). The van der Waals surface area contributed by atoms with E-state index in [4.69, 9.17) is 10.4 Å². The molecule has 0 atom stereocenters. The number of primary sulfonamides is 1. The van der Waals surface area contributed by atoms with Gasteiger partial charge in [-0.05, 0) is 67.9 Å². The molecule has 1 aliphatic heterocycles. The van der Waals surface area contributed by atoms with E-state index in [-0.39, 0.29) is 16.7 Å². The molecule has 0 unspecified atom stereocenters. The summed E-state index contributed by atoms with van der Waals surface area (Å²) < 4.78 is 22.6. The number of carbonyl (C=O) groups is 1. The monoisotopic (exact) mass is 398 g/mol. The van der Waals surface area contributed by atoms with Crippen molar-refractivity contribution in [1.29, 1.82) is 5.26 Å². The SMILES string of the molecule is N#Cc1cccc(CN2CCC(C(=O)Nc3ccc(S(N)(=O)=O)cc3)CC2)c1. The average Bonchev–Trinajstić information content (AvgIpc) is 2.68. The molecule has 1 saturated heterocycles. The molecular weight excluding hydrogens is 376 g/mol. The molecule has 2 aromatic rings. The first-order valence-electron chi connectivity index (χ1n) is 9.00. The molecule has 1 amide bonds.